The third-order valence-electron chi connectivity index (χ3n) is 3.97. The SMILES string of the molecule is CCOC(=O)c1nc(CC)n(CC2(C)CCC2)c1N. The molecule has 1 saturated carbocycles. The van der Waals surface area contributed by atoms with Gasteiger partial charge in [0.05, 0.1) is 6.61 Å². The molecule has 0 aliphatic heterocycles. The van der Waals surface area contributed by atoms with Gasteiger partial charge in [-0.15, -0.1) is 0 Å². The van der Waals surface area contributed by atoms with Crippen molar-refractivity contribution in [2.24, 2.45) is 5.41 Å². The van der Waals surface area contributed by atoms with Crippen molar-refractivity contribution in [1.29, 1.82) is 0 Å². The average molecular weight is 265 g/mol. The van der Waals surface area contributed by atoms with E-state index in [-0.39, 0.29) is 5.69 Å². The van der Waals surface area contributed by atoms with E-state index in [9.17, 15) is 4.79 Å². The third kappa shape index (κ3) is 2.60. The maximum atomic E-state index is 11.8. The number of hydrogen-bond donors (Lipinski definition) is 1. The topological polar surface area (TPSA) is 70.1 Å². The molecule has 5 heteroatoms. The van der Waals surface area contributed by atoms with E-state index in [1.807, 2.05) is 11.5 Å². The zero-order valence-electron chi connectivity index (χ0n) is 12.0. The van der Waals surface area contributed by atoms with Crippen molar-refractivity contribution in [1.82, 2.24) is 9.55 Å². The highest BCUT2D eigenvalue weighted by atomic mass is 16.5. The molecule has 106 valence electrons. The van der Waals surface area contributed by atoms with Crippen molar-refractivity contribution in [3.05, 3.63) is 11.5 Å². The Morgan fingerprint density at radius 3 is 2.63 bits per heavy atom. The Hall–Kier alpha value is -1.52. The van der Waals surface area contributed by atoms with Crippen LogP contribution in [0.5, 0.6) is 0 Å². The molecule has 0 aromatic carbocycles. The zero-order valence-corrected chi connectivity index (χ0v) is 12.0. The van der Waals surface area contributed by atoms with E-state index >= 15 is 0 Å². The maximum Gasteiger partial charge on any atom is 0.360 e. The number of nitrogens with two attached hydrogens (primary N) is 1. The predicted molar refractivity (Wildman–Crippen MR) is 73.9 cm³/mol. The first-order chi connectivity index (χ1) is 9.00. The number of nitrogens with zero attached hydrogens (tertiary/aromatic N) is 2. The fourth-order valence-electron chi connectivity index (χ4n) is 2.63. The molecule has 0 bridgehead atoms. The number of ether oxygens (including phenoxy) is 1. The molecule has 0 saturated heterocycles. The van der Waals surface area contributed by atoms with Gasteiger partial charge in [0.15, 0.2) is 5.69 Å². The Bertz CT molecular complexity index is 475. The summed E-state index contributed by atoms with van der Waals surface area (Å²) < 4.78 is 6.99. The first-order valence-electron chi connectivity index (χ1n) is 7.02. The first-order valence-corrected chi connectivity index (χ1v) is 7.02. The summed E-state index contributed by atoms with van der Waals surface area (Å²) in [5.74, 6) is 0.893. The Kier molecular flexibility index (Phi) is 3.83. The molecule has 2 N–H and O–H groups in total. The highest BCUT2D eigenvalue weighted by Crippen LogP contribution is 2.42. The molecule has 1 aliphatic rings. The van der Waals surface area contributed by atoms with Gasteiger partial charge in [-0.2, -0.15) is 0 Å². The Labute approximate surface area is 114 Å². The number of carbonyl (C=O) groups is 1. The highest BCUT2D eigenvalue weighted by molar-refractivity contribution is 5.92. The quantitative estimate of drug-likeness (QED) is 0.830. The summed E-state index contributed by atoms with van der Waals surface area (Å²) in [6.07, 6.45) is 4.46. The summed E-state index contributed by atoms with van der Waals surface area (Å²) in [6, 6.07) is 0. The number of aryl methyl sites for hydroxylation is 1. The predicted octanol–water partition coefficient (Wildman–Crippen LogP) is 2.39. The second-order valence-corrected chi connectivity index (χ2v) is 5.59. The second-order valence-electron chi connectivity index (χ2n) is 5.59. The molecule has 0 spiro atoms. The van der Waals surface area contributed by atoms with Crippen molar-refractivity contribution < 1.29 is 9.53 Å². The van der Waals surface area contributed by atoms with E-state index in [0.717, 1.165) is 18.8 Å². The number of imidazole rings is 1. The highest BCUT2D eigenvalue weighted by Gasteiger charge is 2.34. The fourth-order valence-corrected chi connectivity index (χ4v) is 2.63. The van der Waals surface area contributed by atoms with Gasteiger partial charge in [0, 0.05) is 13.0 Å². The van der Waals surface area contributed by atoms with Crippen LogP contribution in [0.3, 0.4) is 0 Å². The van der Waals surface area contributed by atoms with E-state index in [4.69, 9.17) is 10.5 Å². The van der Waals surface area contributed by atoms with E-state index in [0.29, 0.717) is 17.8 Å². The molecule has 19 heavy (non-hydrogen) atoms. The first kappa shape index (κ1) is 13.9. The Morgan fingerprint density at radius 1 is 1.47 bits per heavy atom. The molecule has 0 unspecified atom stereocenters. The Balaban J connectivity index is 2.28. The molecule has 1 fully saturated rings. The number of nitrogen functional groups attached to an aromatic ring is 1. The van der Waals surface area contributed by atoms with Gasteiger partial charge in [0.1, 0.15) is 11.6 Å². The summed E-state index contributed by atoms with van der Waals surface area (Å²) in [5, 5.41) is 0. The van der Waals surface area contributed by atoms with Crippen LogP contribution in [0.2, 0.25) is 0 Å². The largest absolute Gasteiger partial charge is 0.461 e. The van der Waals surface area contributed by atoms with Crippen molar-refractivity contribution in [2.75, 3.05) is 12.3 Å². The standard InChI is InChI=1S/C14H23N3O2/c1-4-10-16-11(13(18)19-5-2)12(15)17(10)9-14(3)7-6-8-14/h4-9,15H2,1-3H3. The van der Waals surface area contributed by atoms with E-state index < -0.39 is 5.97 Å². The van der Waals surface area contributed by atoms with Gasteiger partial charge in [0.25, 0.3) is 0 Å². The molecule has 1 heterocycles. The molecule has 0 amide bonds. The molecule has 1 aliphatic carbocycles. The van der Waals surface area contributed by atoms with Gasteiger partial charge in [-0.25, -0.2) is 9.78 Å². The van der Waals surface area contributed by atoms with Gasteiger partial charge < -0.3 is 15.0 Å². The van der Waals surface area contributed by atoms with Crippen molar-refractivity contribution >= 4 is 11.8 Å². The van der Waals surface area contributed by atoms with E-state index in [2.05, 4.69) is 11.9 Å². The smallest absolute Gasteiger partial charge is 0.360 e. The molecule has 1 aromatic heterocycles. The number of anilines is 1. The molecule has 0 atom stereocenters. The lowest BCUT2D eigenvalue weighted by Crippen LogP contribution is -2.31. The summed E-state index contributed by atoms with van der Waals surface area (Å²) >= 11 is 0. The molecule has 2 rings (SSSR count). The zero-order chi connectivity index (χ0) is 14.0. The van der Waals surface area contributed by atoms with Crippen LogP contribution in [0, 0.1) is 5.41 Å². The van der Waals surface area contributed by atoms with Crippen molar-refractivity contribution in [3.8, 4) is 0 Å². The van der Waals surface area contributed by atoms with Gasteiger partial charge in [-0.3, -0.25) is 0 Å². The number of hydrogen-bond acceptors (Lipinski definition) is 4. The second kappa shape index (κ2) is 5.23. The van der Waals surface area contributed by atoms with Crippen LogP contribution in [0.4, 0.5) is 5.82 Å². The van der Waals surface area contributed by atoms with Crippen LogP contribution >= 0.6 is 0 Å². The number of esters is 1. The normalized spacial score (nSPS) is 17.0. The molecule has 5 nitrogen and oxygen atoms in total. The monoisotopic (exact) mass is 265 g/mol. The van der Waals surface area contributed by atoms with E-state index in [1.54, 1.807) is 6.92 Å². The molecule has 0 radical (unpaired) electrons. The average Bonchev–Trinajstić information content (AvgIpc) is 2.65. The minimum Gasteiger partial charge on any atom is -0.461 e. The lowest BCUT2D eigenvalue weighted by molar-refractivity contribution is 0.0521. The summed E-state index contributed by atoms with van der Waals surface area (Å²) in [5.41, 5.74) is 6.66. The maximum absolute atomic E-state index is 11.8. The third-order valence-corrected chi connectivity index (χ3v) is 3.97. The Morgan fingerprint density at radius 2 is 2.16 bits per heavy atom. The lowest BCUT2D eigenvalue weighted by Gasteiger charge is -2.39. The van der Waals surface area contributed by atoms with Gasteiger partial charge >= 0.3 is 5.97 Å². The molecular formula is C14H23N3O2. The fraction of sp³-hybridized carbons (Fsp3) is 0.714. The number of aromatic nitrogens is 2. The van der Waals surface area contributed by atoms with Crippen molar-refractivity contribution in [2.45, 2.75) is 53.0 Å². The summed E-state index contributed by atoms with van der Waals surface area (Å²) in [7, 11) is 0. The minimum atomic E-state index is -0.424. The van der Waals surface area contributed by atoms with Crippen LogP contribution in [0.25, 0.3) is 0 Å². The molecule has 1 aromatic rings. The van der Waals surface area contributed by atoms with Crippen LogP contribution in [0.15, 0.2) is 0 Å². The number of carbonyl (C=O) groups excluding carboxylic acids is 1. The van der Waals surface area contributed by atoms with Crippen LogP contribution in [-0.2, 0) is 17.7 Å². The van der Waals surface area contributed by atoms with Gasteiger partial charge in [-0.05, 0) is 25.2 Å². The van der Waals surface area contributed by atoms with Crippen LogP contribution < -0.4 is 5.73 Å². The van der Waals surface area contributed by atoms with Crippen LogP contribution in [0.1, 0.15) is 56.3 Å². The summed E-state index contributed by atoms with van der Waals surface area (Å²) in [4.78, 5) is 16.2. The minimum absolute atomic E-state index is 0.265. The van der Waals surface area contributed by atoms with Gasteiger partial charge in [-0.1, -0.05) is 20.3 Å². The van der Waals surface area contributed by atoms with Crippen LogP contribution in [-0.4, -0.2) is 22.1 Å². The summed E-state index contributed by atoms with van der Waals surface area (Å²) in [6.45, 7) is 7.25. The van der Waals surface area contributed by atoms with Gasteiger partial charge in [0.2, 0.25) is 0 Å². The number of rotatable bonds is 5. The van der Waals surface area contributed by atoms with Crippen molar-refractivity contribution in [3.63, 3.8) is 0 Å². The van der Waals surface area contributed by atoms with E-state index in [1.165, 1.54) is 19.3 Å². The lowest BCUT2D eigenvalue weighted by atomic mass is 9.70. The molecular weight excluding hydrogens is 242 g/mol.